The van der Waals surface area contributed by atoms with Crippen molar-refractivity contribution in [2.24, 2.45) is 5.73 Å². The molecule has 0 unspecified atom stereocenters. The molecule has 2 aromatic carbocycles. The summed E-state index contributed by atoms with van der Waals surface area (Å²) in [4.78, 5) is 35.2. The van der Waals surface area contributed by atoms with E-state index in [0.29, 0.717) is 16.5 Å². The number of nitrogens with two attached hydrogens (primary N) is 1. The van der Waals surface area contributed by atoms with Crippen LogP contribution in [0.4, 0.5) is 0 Å². The Labute approximate surface area is 136 Å². The van der Waals surface area contributed by atoms with Gasteiger partial charge in [-0.05, 0) is 29.8 Å². The molecular weight excluding hydrogens is 308 g/mol. The Hall–Kier alpha value is -3.41. The number of hydrogen-bond donors (Lipinski definition) is 2. The third-order valence-electron chi connectivity index (χ3n) is 3.58. The maximum absolute atomic E-state index is 12.2. The second-order valence-electron chi connectivity index (χ2n) is 5.23. The lowest BCUT2D eigenvalue weighted by atomic mass is 10.1. The van der Waals surface area contributed by atoms with Gasteiger partial charge in [-0.2, -0.15) is 0 Å². The first kappa shape index (κ1) is 15.5. The highest BCUT2D eigenvalue weighted by Crippen LogP contribution is 2.12. The monoisotopic (exact) mass is 322 g/mol. The number of benzene rings is 2. The van der Waals surface area contributed by atoms with E-state index in [1.807, 2.05) is 0 Å². The zero-order chi connectivity index (χ0) is 17.1. The molecule has 1 aromatic heterocycles. The average Bonchev–Trinajstić information content (AvgIpc) is 2.59. The van der Waals surface area contributed by atoms with E-state index in [1.54, 1.807) is 48.5 Å². The predicted molar refractivity (Wildman–Crippen MR) is 88.6 cm³/mol. The number of carbonyl (C=O) groups excluding carboxylic acids is 2. The maximum Gasteiger partial charge on any atom is 0.349 e. The molecule has 0 saturated carbocycles. The molecule has 120 valence electrons. The van der Waals surface area contributed by atoms with Gasteiger partial charge in [0.05, 0.1) is 0 Å². The summed E-state index contributed by atoms with van der Waals surface area (Å²) >= 11 is 0. The third kappa shape index (κ3) is 3.17. The molecule has 0 saturated heterocycles. The Morgan fingerprint density at radius 1 is 1.04 bits per heavy atom. The summed E-state index contributed by atoms with van der Waals surface area (Å²) in [6.45, 7) is 0.212. The summed E-state index contributed by atoms with van der Waals surface area (Å²) in [5.41, 5.74) is 6.03. The van der Waals surface area contributed by atoms with E-state index in [9.17, 15) is 14.4 Å². The lowest BCUT2D eigenvalue weighted by Gasteiger charge is -2.06. The van der Waals surface area contributed by atoms with Crippen LogP contribution in [0.2, 0.25) is 0 Å². The van der Waals surface area contributed by atoms with E-state index in [4.69, 9.17) is 10.2 Å². The number of amides is 2. The van der Waals surface area contributed by atoms with Gasteiger partial charge in [-0.1, -0.05) is 30.3 Å². The van der Waals surface area contributed by atoms with E-state index in [2.05, 4.69) is 5.32 Å². The van der Waals surface area contributed by atoms with Gasteiger partial charge in [0.2, 0.25) is 5.91 Å². The number of nitrogens with one attached hydrogen (secondary N) is 1. The number of fused-ring (bicyclic) bond motifs is 1. The van der Waals surface area contributed by atoms with Crippen molar-refractivity contribution < 1.29 is 14.0 Å². The fraction of sp³-hybridized carbons (Fsp3) is 0.0556. The highest BCUT2D eigenvalue weighted by atomic mass is 16.4. The van der Waals surface area contributed by atoms with Crippen molar-refractivity contribution in [2.75, 3.05) is 0 Å². The van der Waals surface area contributed by atoms with Crippen LogP contribution < -0.4 is 16.7 Å². The Kier molecular flexibility index (Phi) is 4.11. The van der Waals surface area contributed by atoms with Crippen molar-refractivity contribution in [1.82, 2.24) is 5.32 Å². The zero-order valence-corrected chi connectivity index (χ0v) is 12.6. The van der Waals surface area contributed by atoms with Crippen molar-refractivity contribution in [2.45, 2.75) is 6.54 Å². The second-order valence-corrected chi connectivity index (χ2v) is 5.23. The average molecular weight is 322 g/mol. The zero-order valence-electron chi connectivity index (χ0n) is 12.6. The second kappa shape index (κ2) is 6.37. The van der Waals surface area contributed by atoms with Crippen LogP contribution in [-0.2, 0) is 6.54 Å². The molecule has 6 heteroatoms. The summed E-state index contributed by atoms with van der Waals surface area (Å²) < 4.78 is 5.14. The van der Waals surface area contributed by atoms with Crippen molar-refractivity contribution in [3.8, 4) is 0 Å². The minimum Gasteiger partial charge on any atom is -0.422 e. The quantitative estimate of drug-likeness (QED) is 0.715. The summed E-state index contributed by atoms with van der Waals surface area (Å²) in [6.07, 6.45) is 0. The van der Waals surface area contributed by atoms with Crippen molar-refractivity contribution in [3.05, 3.63) is 81.7 Å². The minimum atomic E-state index is -0.685. The van der Waals surface area contributed by atoms with E-state index in [0.717, 1.165) is 5.56 Å². The van der Waals surface area contributed by atoms with E-state index < -0.39 is 17.4 Å². The first-order valence-corrected chi connectivity index (χ1v) is 7.24. The third-order valence-corrected chi connectivity index (χ3v) is 3.58. The van der Waals surface area contributed by atoms with Gasteiger partial charge in [0.15, 0.2) is 0 Å². The molecule has 3 rings (SSSR count). The largest absolute Gasteiger partial charge is 0.422 e. The first-order chi connectivity index (χ1) is 11.5. The fourth-order valence-electron chi connectivity index (χ4n) is 2.28. The molecule has 0 aliphatic heterocycles. The fourth-order valence-corrected chi connectivity index (χ4v) is 2.28. The normalized spacial score (nSPS) is 10.5. The highest BCUT2D eigenvalue weighted by Gasteiger charge is 2.13. The predicted octanol–water partition coefficient (Wildman–Crippen LogP) is 1.82. The minimum absolute atomic E-state index is 0.0533. The van der Waals surface area contributed by atoms with Gasteiger partial charge in [0.1, 0.15) is 11.1 Å². The topological polar surface area (TPSA) is 102 Å². The first-order valence-electron chi connectivity index (χ1n) is 7.24. The van der Waals surface area contributed by atoms with Gasteiger partial charge in [-0.15, -0.1) is 0 Å². The van der Waals surface area contributed by atoms with E-state index in [1.165, 1.54) is 6.07 Å². The van der Waals surface area contributed by atoms with Gasteiger partial charge in [-0.25, -0.2) is 4.79 Å². The number of hydrogen-bond acceptors (Lipinski definition) is 4. The Bertz CT molecular complexity index is 974. The molecule has 6 nitrogen and oxygen atoms in total. The number of rotatable bonds is 4. The molecule has 0 fully saturated rings. The molecule has 1 heterocycles. The molecule has 3 N–H and O–H groups in total. The van der Waals surface area contributed by atoms with Gasteiger partial charge < -0.3 is 15.5 Å². The summed E-state index contributed by atoms with van der Waals surface area (Å²) in [5.74, 6) is -1.03. The SMILES string of the molecule is NC(=O)c1ccc(CNC(=O)c2cc3ccccc3oc2=O)cc1. The van der Waals surface area contributed by atoms with Crippen molar-refractivity contribution in [1.29, 1.82) is 0 Å². The lowest BCUT2D eigenvalue weighted by molar-refractivity contribution is 0.0945. The maximum atomic E-state index is 12.2. The van der Waals surface area contributed by atoms with Crippen LogP contribution in [0.3, 0.4) is 0 Å². The standard InChI is InChI=1S/C18H14N2O4/c19-16(21)12-7-5-11(6-8-12)10-20-17(22)14-9-13-3-1-2-4-15(13)24-18(14)23/h1-9H,10H2,(H2,19,21)(H,20,22). The van der Waals surface area contributed by atoms with Crippen LogP contribution in [0.25, 0.3) is 11.0 Å². The van der Waals surface area contributed by atoms with Crippen LogP contribution in [0.1, 0.15) is 26.3 Å². The molecule has 0 atom stereocenters. The Balaban J connectivity index is 1.76. The molecule has 0 bridgehead atoms. The smallest absolute Gasteiger partial charge is 0.349 e. The molecule has 2 amide bonds. The molecule has 3 aromatic rings. The van der Waals surface area contributed by atoms with Crippen LogP contribution in [0.5, 0.6) is 0 Å². The van der Waals surface area contributed by atoms with Crippen molar-refractivity contribution in [3.63, 3.8) is 0 Å². The molecule has 0 aliphatic rings. The molecule has 24 heavy (non-hydrogen) atoms. The van der Waals surface area contributed by atoms with E-state index >= 15 is 0 Å². The van der Waals surface area contributed by atoms with Crippen LogP contribution in [0.15, 0.2) is 63.8 Å². The van der Waals surface area contributed by atoms with Gasteiger partial charge in [0, 0.05) is 17.5 Å². The van der Waals surface area contributed by atoms with Crippen LogP contribution in [0, 0.1) is 0 Å². The molecular formula is C18H14N2O4. The van der Waals surface area contributed by atoms with E-state index in [-0.39, 0.29) is 12.1 Å². The van der Waals surface area contributed by atoms with Crippen LogP contribution >= 0.6 is 0 Å². The van der Waals surface area contributed by atoms with Gasteiger partial charge in [-0.3, -0.25) is 9.59 Å². The molecule has 0 spiro atoms. The summed E-state index contributed by atoms with van der Waals surface area (Å²) in [7, 11) is 0. The summed E-state index contributed by atoms with van der Waals surface area (Å²) in [6, 6.07) is 15.0. The molecule has 0 aliphatic carbocycles. The lowest BCUT2D eigenvalue weighted by Crippen LogP contribution is -2.27. The van der Waals surface area contributed by atoms with Crippen LogP contribution in [-0.4, -0.2) is 11.8 Å². The number of primary amides is 1. The van der Waals surface area contributed by atoms with Crippen molar-refractivity contribution >= 4 is 22.8 Å². The van der Waals surface area contributed by atoms with Gasteiger partial charge >= 0.3 is 5.63 Å². The summed E-state index contributed by atoms with van der Waals surface area (Å²) in [5, 5.41) is 3.33. The number of para-hydroxylation sites is 1. The number of carbonyl (C=O) groups is 2. The van der Waals surface area contributed by atoms with Gasteiger partial charge in [0.25, 0.3) is 5.91 Å². The highest BCUT2D eigenvalue weighted by molar-refractivity contribution is 5.96. The Morgan fingerprint density at radius 2 is 1.75 bits per heavy atom. The molecule has 0 radical (unpaired) electrons. The Morgan fingerprint density at radius 3 is 2.46 bits per heavy atom.